The average molecular weight is 240 g/mol. The first-order chi connectivity index (χ1) is 8.10. The van der Waals surface area contributed by atoms with E-state index >= 15 is 0 Å². The van der Waals surface area contributed by atoms with Gasteiger partial charge in [0, 0.05) is 19.1 Å². The van der Waals surface area contributed by atoms with Gasteiger partial charge >= 0.3 is 0 Å². The van der Waals surface area contributed by atoms with E-state index in [9.17, 15) is 4.79 Å². The van der Waals surface area contributed by atoms with E-state index in [1.807, 2.05) is 11.8 Å². The number of hydrogen-bond donors (Lipinski definition) is 1. The van der Waals surface area contributed by atoms with Crippen molar-refractivity contribution in [1.29, 1.82) is 0 Å². The molecule has 0 aromatic heterocycles. The Morgan fingerprint density at radius 3 is 2.88 bits per heavy atom. The molecule has 0 saturated carbocycles. The number of carbonyl (C=O) groups is 1. The van der Waals surface area contributed by atoms with Crippen LogP contribution in [0.3, 0.4) is 0 Å². The van der Waals surface area contributed by atoms with Crippen molar-refractivity contribution in [2.75, 3.05) is 19.8 Å². The zero-order valence-electron chi connectivity index (χ0n) is 11.2. The fourth-order valence-electron chi connectivity index (χ4n) is 2.83. The number of nitrogens with one attached hydrogen (secondary N) is 1. The molecule has 98 valence electrons. The topological polar surface area (TPSA) is 41.6 Å². The standard InChI is InChI=1S/C13H24N2O2/c1-4-11-10(6-7-17-11)8-15-9-14-13(3,5-2)12(15)16/h10-11,14H,4-9H2,1-3H3. The first-order valence-corrected chi connectivity index (χ1v) is 6.76. The largest absolute Gasteiger partial charge is 0.378 e. The number of amides is 1. The van der Waals surface area contributed by atoms with Crippen LogP contribution in [0.4, 0.5) is 0 Å². The van der Waals surface area contributed by atoms with Gasteiger partial charge < -0.3 is 9.64 Å². The highest BCUT2D eigenvalue weighted by atomic mass is 16.5. The minimum Gasteiger partial charge on any atom is -0.378 e. The molecule has 3 unspecified atom stereocenters. The van der Waals surface area contributed by atoms with Crippen molar-refractivity contribution in [2.45, 2.75) is 51.7 Å². The lowest BCUT2D eigenvalue weighted by atomic mass is 9.97. The monoisotopic (exact) mass is 240 g/mol. The number of nitrogens with zero attached hydrogens (tertiary/aromatic N) is 1. The molecule has 3 atom stereocenters. The van der Waals surface area contributed by atoms with Crippen LogP contribution in [-0.2, 0) is 9.53 Å². The van der Waals surface area contributed by atoms with Crippen molar-refractivity contribution < 1.29 is 9.53 Å². The second kappa shape index (κ2) is 4.94. The van der Waals surface area contributed by atoms with Crippen LogP contribution in [0, 0.1) is 5.92 Å². The van der Waals surface area contributed by atoms with Crippen LogP contribution in [0.2, 0.25) is 0 Å². The summed E-state index contributed by atoms with van der Waals surface area (Å²) in [6.07, 6.45) is 3.33. The molecule has 0 bridgehead atoms. The molecule has 2 aliphatic rings. The first kappa shape index (κ1) is 12.8. The van der Waals surface area contributed by atoms with Gasteiger partial charge in [0.1, 0.15) is 0 Å². The van der Waals surface area contributed by atoms with Crippen LogP contribution >= 0.6 is 0 Å². The Labute approximate surface area is 104 Å². The molecule has 4 nitrogen and oxygen atoms in total. The van der Waals surface area contributed by atoms with Gasteiger partial charge in [0.05, 0.1) is 18.3 Å². The van der Waals surface area contributed by atoms with Crippen molar-refractivity contribution in [3.05, 3.63) is 0 Å². The Kier molecular flexibility index (Phi) is 3.73. The van der Waals surface area contributed by atoms with Crippen LogP contribution < -0.4 is 5.32 Å². The zero-order chi connectivity index (χ0) is 12.5. The van der Waals surface area contributed by atoms with Gasteiger partial charge in [-0.05, 0) is 26.2 Å². The summed E-state index contributed by atoms with van der Waals surface area (Å²) in [5.74, 6) is 0.770. The molecule has 1 amide bonds. The molecule has 2 aliphatic heterocycles. The van der Waals surface area contributed by atoms with E-state index in [2.05, 4.69) is 19.2 Å². The molecule has 0 radical (unpaired) electrons. The van der Waals surface area contributed by atoms with Crippen LogP contribution in [0.5, 0.6) is 0 Å². The molecule has 1 N–H and O–H groups in total. The lowest BCUT2D eigenvalue weighted by Crippen LogP contribution is -2.43. The Balaban J connectivity index is 1.94. The normalized spacial score (nSPS) is 38.1. The van der Waals surface area contributed by atoms with E-state index in [-0.39, 0.29) is 11.4 Å². The third kappa shape index (κ3) is 2.33. The molecule has 2 heterocycles. The van der Waals surface area contributed by atoms with Gasteiger partial charge in [-0.15, -0.1) is 0 Å². The molecule has 4 heteroatoms. The van der Waals surface area contributed by atoms with Crippen LogP contribution in [0.15, 0.2) is 0 Å². The molecular weight excluding hydrogens is 216 g/mol. The van der Waals surface area contributed by atoms with Gasteiger partial charge in [0.25, 0.3) is 0 Å². The highest BCUT2D eigenvalue weighted by molar-refractivity contribution is 5.87. The predicted octanol–water partition coefficient (Wildman–Crippen LogP) is 1.36. The Morgan fingerprint density at radius 1 is 1.53 bits per heavy atom. The maximum absolute atomic E-state index is 12.3. The van der Waals surface area contributed by atoms with E-state index in [0.717, 1.165) is 32.4 Å². The molecule has 2 fully saturated rings. The van der Waals surface area contributed by atoms with Crippen molar-refractivity contribution >= 4 is 5.91 Å². The van der Waals surface area contributed by atoms with Gasteiger partial charge in [0.15, 0.2) is 0 Å². The summed E-state index contributed by atoms with van der Waals surface area (Å²) in [5, 5.41) is 3.32. The van der Waals surface area contributed by atoms with Gasteiger partial charge in [-0.2, -0.15) is 0 Å². The van der Waals surface area contributed by atoms with Crippen LogP contribution in [0.25, 0.3) is 0 Å². The van der Waals surface area contributed by atoms with Gasteiger partial charge in [-0.3, -0.25) is 10.1 Å². The highest BCUT2D eigenvalue weighted by Crippen LogP contribution is 2.27. The van der Waals surface area contributed by atoms with E-state index < -0.39 is 0 Å². The van der Waals surface area contributed by atoms with E-state index in [1.165, 1.54) is 0 Å². The highest BCUT2D eigenvalue weighted by Gasteiger charge is 2.42. The van der Waals surface area contributed by atoms with E-state index in [0.29, 0.717) is 18.7 Å². The molecule has 0 aromatic carbocycles. The maximum atomic E-state index is 12.3. The summed E-state index contributed by atoms with van der Waals surface area (Å²) in [6.45, 7) is 8.60. The van der Waals surface area contributed by atoms with Crippen molar-refractivity contribution in [1.82, 2.24) is 10.2 Å². The Hall–Kier alpha value is -0.610. The molecule has 2 saturated heterocycles. The quantitative estimate of drug-likeness (QED) is 0.806. The summed E-state index contributed by atoms with van der Waals surface area (Å²) in [6, 6.07) is 0. The second-order valence-corrected chi connectivity index (χ2v) is 5.41. The summed E-state index contributed by atoms with van der Waals surface area (Å²) < 4.78 is 5.68. The smallest absolute Gasteiger partial charge is 0.243 e. The first-order valence-electron chi connectivity index (χ1n) is 6.76. The number of rotatable bonds is 4. The average Bonchev–Trinajstić information content (AvgIpc) is 2.89. The van der Waals surface area contributed by atoms with E-state index in [4.69, 9.17) is 4.74 Å². The molecular formula is C13H24N2O2. The SMILES string of the molecule is CCC1OCCC1CN1CNC(C)(CC)C1=O. The zero-order valence-corrected chi connectivity index (χ0v) is 11.2. The molecule has 17 heavy (non-hydrogen) atoms. The van der Waals surface area contributed by atoms with Crippen LogP contribution in [-0.4, -0.2) is 42.3 Å². The summed E-state index contributed by atoms with van der Waals surface area (Å²) in [5.41, 5.74) is -0.346. The molecule has 0 aliphatic carbocycles. The minimum atomic E-state index is -0.346. The summed E-state index contributed by atoms with van der Waals surface area (Å²) in [7, 11) is 0. The van der Waals surface area contributed by atoms with Gasteiger partial charge in [-0.25, -0.2) is 0 Å². The number of carbonyl (C=O) groups excluding carboxylic acids is 1. The fourth-order valence-corrected chi connectivity index (χ4v) is 2.83. The van der Waals surface area contributed by atoms with Crippen LogP contribution in [0.1, 0.15) is 40.0 Å². The second-order valence-electron chi connectivity index (χ2n) is 5.41. The van der Waals surface area contributed by atoms with Crippen molar-refractivity contribution in [3.63, 3.8) is 0 Å². The van der Waals surface area contributed by atoms with Gasteiger partial charge in [0.2, 0.25) is 5.91 Å². The lowest BCUT2D eigenvalue weighted by molar-refractivity contribution is -0.132. The molecule has 2 rings (SSSR count). The number of ether oxygens (including phenoxy) is 1. The molecule has 0 spiro atoms. The van der Waals surface area contributed by atoms with Gasteiger partial charge in [-0.1, -0.05) is 13.8 Å². The summed E-state index contributed by atoms with van der Waals surface area (Å²) in [4.78, 5) is 14.2. The van der Waals surface area contributed by atoms with E-state index in [1.54, 1.807) is 0 Å². The predicted molar refractivity (Wildman–Crippen MR) is 66.5 cm³/mol. The lowest BCUT2D eigenvalue weighted by Gasteiger charge is -2.25. The van der Waals surface area contributed by atoms with Crippen molar-refractivity contribution in [2.24, 2.45) is 5.92 Å². The third-order valence-electron chi connectivity index (χ3n) is 4.33. The van der Waals surface area contributed by atoms with Crippen molar-refractivity contribution in [3.8, 4) is 0 Å². The Bertz CT molecular complexity index is 295. The Morgan fingerprint density at radius 2 is 2.29 bits per heavy atom. The third-order valence-corrected chi connectivity index (χ3v) is 4.33. The minimum absolute atomic E-state index is 0.252. The maximum Gasteiger partial charge on any atom is 0.243 e. The summed E-state index contributed by atoms with van der Waals surface area (Å²) >= 11 is 0. The fraction of sp³-hybridized carbons (Fsp3) is 0.923. The molecule has 0 aromatic rings. The number of hydrogen-bond acceptors (Lipinski definition) is 3.